The fourth-order valence-corrected chi connectivity index (χ4v) is 3.11. The predicted molar refractivity (Wildman–Crippen MR) is 95.0 cm³/mol. The van der Waals surface area contributed by atoms with E-state index in [1.165, 1.54) is 0 Å². The Balaban J connectivity index is 2.12. The van der Waals surface area contributed by atoms with E-state index in [4.69, 9.17) is 0 Å². The van der Waals surface area contributed by atoms with Gasteiger partial charge in [-0.2, -0.15) is 0 Å². The largest absolute Gasteiger partial charge is 0.481 e. The first-order valence-electron chi connectivity index (χ1n) is 8.54. The van der Waals surface area contributed by atoms with Crippen molar-refractivity contribution in [3.8, 4) is 0 Å². The molecule has 1 amide bonds. The number of carboxylic acid groups (broad SMARTS) is 1. The summed E-state index contributed by atoms with van der Waals surface area (Å²) in [5.41, 5.74) is 1.20. The van der Waals surface area contributed by atoms with Gasteiger partial charge in [0.25, 0.3) is 0 Å². The van der Waals surface area contributed by atoms with E-state index in [0.717, 1.165) is 23.0 Å². The lowest BCUT2D eigenvalue weighted by atomic mass is 9.82. The quantitative estimate of drug-likeness (QED) is 0.781. The number of para-hydroxylation sites is 1. The summed E-state index contributed by atoms with van der Waals surface area (Å²) in [4.78, 5) is 23.9. The minimum absolute atomic E-state index is 0.137. The van der Waals surface area contributed by atoms with E-state index in [-0.39, 0.29) is 18.9 Å². The van der Waals surface area contributed by atoms with Crippen LogP contribution in [0.25, 0.3) is 10.9 Å². The fourth-order valence-electron chi connectivity index (χ4n) is 3.11. The second-order valence-corrected chi connectivity index (χ2v) is 6.20. The van der Waals surface area contributed by atoms with Crippen LogP contribution < -0.4 is 5.32 Å². The van der Waals surface area contributed by atoms with Crippen molar-refractivity contribution in [3.63, 3.8) is 0 Å². The topological polar surface area (TPSA) is 71.3 Å². The fraction of sp³-hybridized carbons (Fsp3) is 0.474. The molecule has 0 fully saturated rings. The second-order valence-electron chi connectivity index (χ2n) is 6.20. The zero-order valence-corrected chi connectivity index (χ0v) is 14.6. The van der Waals surface area contributed by atoms with Crippen molar-refractivity contribution in [2.45, 2.75) is 46.6 Å². The molecule has 0 saturated heterocycles. The SMILES string of the molecule is CCn1cc(CC(=O)NCC(CC)(CC)C(=O)O)c2ccccc21. The lowest BCUT2D eigenvalue weighted by Gasteiger charge is -2.26. The second kappa shape index (κ2) is 7.51. The maximum absolute atomic E-state index is 12.3. The van der Waals surface area contributed by atoms with Gasteiger partial charge in [-0.05, 0) is 31.4 Å². The molecule has 0 saturated carbocycles. The molecule has 5 heteroatoms. The van der Waals surface area contributed by atoms with Gasteiger partial charge in [0.05, 0.1) is 11.8 Å². The van der Waals surface area contributed by atoms with Gasteiger partial charge in [-0.1, -0.05) is 32.0 Å². The molecular formula is C19H26N2O3. The highest BCUT2D eigenvalue weighted by atomic mass is 16.4. The summed E-state index contributed by atoms with van der Waals surface area (Å²) in [5.74, 6) is -0.989. The third kappa shape index (κ3) is 3.45. The summed E-state index contributed by atoms with van der Waals surface area (Å²) in [7, 11) is 0. The van der Waals surface area contributed by atoms with Crippen LogP contribution >= 0.6 is 0 Å². The van der Waals surface area contributed by atoms with Crippen molar-refractivity contribution in [1.82, 2.24) is 9.88 Å². The predicted octanol–water partition coefficient (Wildman–Crippen LogP) is 3.21. The van der Waals surface area contributed by atoms with E-state index < -0.39 is 11.4 Å². The highest BCUT2D eigenvalue weighted by molar-refractivity contribution is 5.89. The summed E-state index contributed by atoms with van der Waals surface area (Å²) >= 11 is 0. The third-order valence-corrected chi connectivity index (χ3v) is 4.99. The molecular weight excluding hydrogens is 304 g/mol. The third-order valence-electron chi connectivity index (χ3n) is 4.99. The minimum atomic E-state index is -0.882. The van der Waals surface area contributed by atoms with Crippen molar-refractivity contribution in [2.24, 2.45) is 5.41 Å². The molecule has 0 aliphatic carbocycles. The van der Waals surface area contributed by atoms with Gasteiger partial charge in [0.1, 0.15) is 0 Å². The number of benzene rings is 1. The van der Waals surface area contributed by atoms with Gasteiger partial charge in [0, 0.05) is 30.2 Å². The maximum atomic E-state index is 12.3. The molecule has 0 radical (unpaired) electrons. The smallest absolute Gasteiger partial charge is 0.311 e. The molecule has 1 heterocycles. The van der Waals surface area contributed by atoms with Crippen molar-refractivity contribution in [2.75, 3.05) is 6.54 Å². The average Bonchev–Trinajstić information content (AvgIpc) is 2.94. The number of fused-ring (bicyclic) bond motifs is 1. The zero-order chi connectivity index (χ0) is 17.7. The Kier molecular flexibility index (Phi) is 5.65. The van der Waals surface area contributed by atoms with Gasteiger partial charge in [-0.25, -0.2) is 0 Å². The summed E-state index contributed by atoms with van der Waals surface area (Å²) < 4.78 is 2.12. The van der Waals surface area contributed by atoms with Gasteiger partial charge < -0.3 is 15.0 Å². The number of nitrogens with one attached hydrogen (secondary N) is 1. The Bertz CT molecular complexity index is 729. The number of aromatic nitrogens is 1. The number of carbonyl (C=O) groups is 2. The molecule has 1 aromatic carbocycles. The molecule has 2 aromatic rings. The Morgan fingerprint density at radius 2 is 1.83 bits per heavy atom. The van der Waals surface area contributed by atoms with Crippen molar-refractivity contribution >= 4 is 22.8 Å². The highest BCUT2D eigenvalue weighted by Gasteiger charge is 2.35. The number of nitrogens with zero attached hydrogens (tertiary/aromatic N) is 1. The molecule has 5 nitrogen and oxygen atoms in total. The van der Waals surface area contributed by atoms with Crippen LogP contribution in [0.2, 0.25) is 0 Å². The van der Waals surface area contributed by atoms with Crippen molar-refractivity contribution in [3.05, 3.63) is 36.0 Å². The molecule has 24 heavy (non-hydrogen) atoms. The summed E-state index contributed by atoms with van der Waals surface area (Å²) in [6, 6.07) is 8.02. The normalized spacial score (nSPS) is 11.6. The number of amides is 1. The van der Waals surface area contributed by atoms with E-state index >= 15 is 0 Å². The first-order chi connectivity index (χ1) is 11.5. The highest BCUT2D eigenvalue weighted by Crippen LogP contribution is 2.26. The molecule has 0 atom stereocenters. The number of aliphatic carboxylic acids is 1. The van der Waals surface area contributed by atoms with Crippen molar-refractivity contribution < 1.29 is 14.7 Å². The molecule has 2 N–H and O–H groups in total. The molecule has 0 aliphatic rings. The monoisotopic (exact) mass is 330 g/mol. The minimum Gasteiger partial charge on any atom is -0.481 e. The molecule has 0 aliphatic heterocycles. The van der Waals surface area contributed by atoms with Gasteiger partial charge in [0.2, 0.25) is 5.91 Å². The summed E-state index contributed by atoms with van der Waals surface area (Å²) in [6.45, 7) is 6.77. The maximum Gasteiger partial charge on any atom is 0.311 e. The molecule has 130 valence electrons. The number of rotatable bonds is 8. The van der Waals surface area contributed by atoms with Crippen LogP contribution in [0.3, 0.4) is 0 Å². The van der Waals surface area contributed by atoms with Crippen LogP contribution in [0.4, 0.5) is 0 Å². The molecule has 0 spiro atoms. The first kappa shape index (κ1) is 18.0. The van der Waals surface area contributed by atoms with Gasteiger partial charge in [0.15, 0.2) is 0 Å². The van der Waals surface area contributed by atoms with E-state index in [9.17, 15) is 14.7 Å². The standard InChI is InChI=1S/C19H26N2O3/c1-4-19(5-2,18(23)24)13-20-17(22)11-14-12-21(6-3)16-10-8-7-9-15(14)16/h7-10,12H,4-6,11,13H2,1-3H3,(H,20,22)(H,23,24). The lowest BCUT2D eigenvalue weighted by Crippen LogP contribution is -2.42. The number of hydrogen-bond acceptors (Lipinski definition) is 2. The molecule has 0 bridgehead atoms. The van der Waals surface area contributed by atoms with Crippen LogP contribution in [0.1, 0.15) is 39.2 Å². The molecule has 0 unspecified atom stereocenters. The Labute approximate surface area is 142 Å². The van der Waals surface area contributed by atoms with Crippen LogP contribution in [-0.2, 0) is 22.6 Å². The van der Waals surface area contributed by atoms with E-state index in [0.29, 0.717) is 12.8 Å². The lowest BCUT2D eigenvalue weighted by molar-refractivity contribution is -0.149. The van der Waals surface area contributed by atoms with Gasteiger partial charge in [-0.15, -0.1) is 0 Å². The van der Waals surface area contributed by atoms with Crippen LogP contribution in [0.15, 0.2) is 30.5 Å². The van der Waals surface area contributed by atoms with Crippen molar-refractivity contribution in [1.29, 1.82) is 0 Å². The molecule has 1 aromatic heterocycles. The Hall–Kier alpha value is -2.30. The Morgan fingerprint density at radius 3 is 2.42 bits per heavy atom. The van der Waals surface area contributed by atoms with Crippen LogP contribution in [-0.4, -0.2) is 28.1 Å². The number of carbonyl (C=O) groups excluding carboxylic acids is 1. The average molecular weight is 330 g/mol. The summed E-state index contributed by atoms with van der Waals surface area (Å²) in [5, 5.41) is 13.3. The van der Waals surface area contributed by atoms with E-state index in [2.05, 4.69) is 16.8 Å². The van der Waals surface area contributed by atoms with E-state index in [1.54, 1.807) is 0 Å². The number of carboxylic acids is 1. The molecule has 2 rings (SSSR count). The summed E-state index contributed by atoms with van der Waals surface area (Å²) in [6.07, 6.45) is 3.26. The van der Waals surface area contributed by atoms with Gasteiger partial charge >= 0.3 is 5.97 Å². The first-order valence-corrected chi connectivity index (χ1v) is 8.54. The zero-order valence-electron chi connectivity index (χ0n) is 14.6. The Morgan fingerprint density at radius 1 is 1.17 bits per heavy atom. The van der Waals surface area contributed by atoms with E-state index in [1.807, 2.05) is 44.3 Å². The van der Waals surface area contributed by atoms with Gasteiger partial charge in [-0.3, -0.25) is 9.59 Å². The number of hydrogen-bond donors (Lipinski definition) is 2. The van der Waals surface area contributed by atoms with Crippen LogP contribution in [0, 0.1) is 5.41 Å². The van der Waals surface area contributed by atoms with Crippen LogP contribution in [0.5, 0.6) is 0 Å². The number of aryl methyl sites for hydroxylation is 1.